The van der Waals surface area contributed by atoms with Crippen LogP contribution < -0.4 is 10.6 Å². The fourth-order valence-corrected chi connectivity index (χ4v) is 4.41. The Bertz CT molecular complexity index is 350. The number of nitrogens with one attached hydrogen (secondary N) is 2. The molecule has 0 aromatic rings. The largest absolute Gasteiger partial charge is 0.481 e. The van der Waals surface area contributed by atoms with Gasteiger partial charge in [-0.1, -0.05) is 19.3 Å². The van der Waals surface area contributed by atoms with Crippen molar-refractivity contribution in [3.05, 3.63) is 0 Å². The number of amides is 2. The van der Waals surface area contributed by atoms with E-state index in [1.165, 1.54) is 5.75 Å². The van der Waals surface area contributed by atoms with E-state index >= 15 is 0 Å². The lowest BCUT2D eigenvalue weighted by Gasteiger charge is -2.37. The van der Waals surface area contributed by atoms with Gasteiger partial charge in [-0.15, -0.1) is 0 Å². The zero-order valence-electron chi connectivity index (χ0n) is 11.8. The second-order valence-electron chi connectivity index (χ2n) is 5.98. The van der Waals surface area contributed by atoms with Crippen LogP contribution in [-0.2, 0) is 4.79 Å². The highest BCUT2D eigenvalue weighted by Gasteiger charge is 2.35. The molecule has 0 aromatic heterocycles. The molecule has 1 unspecified atom stereocenters. The highest BCUT2D eigenvalue weighted by Crippen LogP contribution is 2.31. The van der Waals surface area contributed by atoms with Crippen LogP contribution in [0.4, 0.5) is 4.79 Å². The van der Waals surface area contributed by atoms with Crippen LogP contribution in [0.2, 0.25) is 0 Å². The molecule has 0 spiro atoms. The van der Waals surface area contributed by atoms with Gasteiger partial charge in [0.1, 0.15) is 0 Å². The van der Waals surface area contributed by atoms with Gasteiger partial charge in [0.15, 0.2) is 0 Å². The molecule has 2 amide bonds. The zero-order valence-corrected chi connectivity index (χ0v) is 12.6. The van der Waals surface area contributed by atoms with Crippen LogP contribution in [0.3, 0.4) is 0 Å². The first-order valence-electron chi connectivity index (χ1n) is 7.45. The first-order valence-corrected chi connectivity index (χ1v) is 8.61. The van der Waals surface area contributed by atoms with Crippen LogP contribution in [-0.4, -0.2) is 40.7 Å². The van der Waals surface area contributed by atoms with Gasteiger partial charge in [0.25, 0.3) is 0 Å². The molecule has 1 saturated heterocycles. The van der Waals surface area contributed by atoms with Crippen molar-refractivity contribution in [1.29, 1.82) is 0 Å². The van der Waals surface area contributed by atoms with Gasteiger partial charge in [0.2, 0.25) is 0 Å². The van der Waals surface area contributed by atoms with Gasteiger partial charge in [0.05, 0.1) is 12.0 Å². The molecule has 1 aliphatic heterocycles. The summed E-state index contributed by atoms with van der Waals surface area (Å²) in [5.74, 6) is 2.02. The van der Waals surface area contributed by atoms with Crippen LogP contribution in [0.1, 0.15) is 44.9 Å². The summed E-state index contributed by atoms with van der Waals surface area (Å²) in [6, 6.07) is -0.204. The fraction of sp³-hybridized carbons (Fsp3) is 0.857. The summed E-state index contributed by atoms with van der Waals surface area (Å²) < 4.78 is 0. The van der Waals surface area contributed by atoms with Gasteiger partial charge in [-0.2, -0.15) is 11.8 Å². The summed E-state index contributed by atoms with van der Waals surface area (Å²) in [5.41, 5.74) is -0.543. The summed E-state index contributed by atoms with van der Waals surface area (Å²) in [6.45, 7) is 0.696. The molecule has 1 saturated carbocycles. The Kier molecular flexibility index (Phi) is 5.57. The van der Waals surface area contributed by atoms with Gasteiger partial charge in [-0.05, 0) is 36.7 Å². The van der Waals surface area contributed by atoms with E-state index in [9.17, 15) is 9.59 Å². The Morgan fingerprint density at radius 2 is 2.00 bits per heavy atom. The Morgan fingerprint density at radius 3 is 2.60 bits per heavy atom. The second-order valence-corrected chi connectivity index (χ2v) is 7.13. The third-order valence-corrected chi connectivity index (χ3v) is 5.49. The third-order valence-electron chi connectivity index (χ3n) is 4.25. The molecule has 3 N–H and O–H groups in total. The monoisotopic (exact) mass is 300 g/mol. The van der Waals surface area contributed by atoms with Crippen LogP contribution in [0.25, 0.3) is 0 Å². The minimum Gasteiger partial charge on any atom is -0.481 e. The molecule has 2 aliphatic rings. The summed E-state index contributed by atoms with van der Waals surface area (Å²) in [4.78, 5) is 23.1. The average molecular weight is 300 g/mol. The summed E-state index contributed by atoms with van der Waals surface area (Å²) >= 11 is 1.93. The predicted octanol–water partition coefficient (Wildman–Crippen LogP) is 2.22. The van der Waals surface area contributed by atoms with Crippen molar-refractivity contribution in [2.75, 3.05) is 18.1 Å². The SMILES string of the molecule is O=C(O)CC1(NC(=O)NCC2CCSC2)CCCCC1. The van der Waals surface area contributed by atoms with Gasteiger partial charge in [-0.3, -0.25) is 4.79 Å². The maximum atomic E-state index is 12.0. The van der Waals surface area contributed by atoms with E-state index in [0.717, 1.165) is 44.3 Å². The Labute approximate surface area is 124 Å². The van der Waals surface area contributed by atoms with Crippen molar-refractivity contribution in [2.45, 2.75) is 50.5 Å². The first-order chi connectivity index (χ1) is 9.60. The highest BCUT2D eigenvalue weighted by molar-refractivity contribution is 7.99. The molecular weight excluding hydrogens is 276 g/mol. The molecule has 2 rings (SSSR count). The van der Waals surface area contributed by atoms with E-state index < -0.39 is 11.5 Å². The highest BCUT2D eigenvalue weighted by atomic mass is 32.2. The smallest absolute Gasteiger partial charge is 0.315 e. The minimum absolute atomic E-state index is 0.0275. The number of carbonyl (C=O) groups is 2. The van der Waals surface area contributed by atoms with Crippen LogP contribution in [0, 0.1) is 5.92 Å². The number of urea groups is 1. The molecule has 6 heteroatoms. The normalized spacial score (nSPS) is 25.1. The van der Waals surface area contributed by atoms with Crippen LogP contribution in [0.5, 0.6) is 0 Å². The molecular formula is C14H24N2O3S. The number of hydrogen-bond donors (Lipinski definition) is 3. The molecule has 20 heavy (non-hydrogen) atoms. The first kappa shape index (κ1) is 15.5. The third kappa shape index (κ3) is 4.58. The lowest BCUT2D eigenvalue weighted by molar-refractivity contribution is -0.139. The molecule has 114 valence electrons. The van der Waals surface area contributed by atoms with E-state index in [4.69, 9.17) is 5.11 Å². The van der Waals surface area contributed by atoms with E-state index in [2.05, 4.69) is 10.6 Å². The number of carboxylic acids is 1. The number of aliphatic carboxylic acids is 1. The lowest BCUT2D eigenvalue weighted by Crippen LogP contribution is -2.54. The maximum Gasteiger partial charge on any atom is 0.315 e. The molecule has 5 nitrogen and oxygen atoms in total. The average Bonchev–Trinajstić information content (AvgIpc) is 2.89. The number of thioether (sulfide) groups is 1. The molecule has 0 bridgehead atoms. The van der Waals surface area contributed by atoms with E-state index in [0.29, 0.717) is 12.5 Å². The standard InChI is InChI=1S/C14H24N2O3S/c17-12(18)8-14(5-2-1-3-6-14)16-13(19)15-9-11-4-7-20-10-11/h11H,1-10H2,(H,17,18)(H2,15,16,19). The van der Waals surface area contributed by atoms with Crippen molar-refractivity contribution in [3.63, 3.8) is 0 Å². The maximum absolute atomic E-state index is 12.0. The fourth-order valence-electron chi connectivity index (χ4n) is 3.13. The van der Waals surface area contributed by atoms with Crippen molar-refractivity contribution >= 4 is 23.8 Å². The van der Waals surface area contributed by atoms with Crippen molar-refractivity contribution < 1.29 is 14.7 Å². The predicted molar refractivity (Wildman–Crippen MR) is 80.0 cm³/mol. The lowest BCUT2D eigenvalue weighted by atomic mass is 9.79. The topological polar surface area (TPSA) is 78.4 Å². The van der Waals surface area contributed by atoms with Gasteiger partial charge < -0.3 is 15.7 Å². The Hall–Kier alpha value is -0.910. The van der Waals surface area contributed by atoms with Gasteiger partial charge in [-0.25, -0.2) is 4.79 Å². The zero-order chi connectivity index (χ0) is 14.4. The molecule has 1 aliphatic carbocycles. The number of rotatable bonds is 5. The van der Waals surface area contributed by atoms with Gasteiger partial charge >= 0.3 is 12.0 Å². The van der Waals surface area contributed by atoms with Crippen molar-refractivity contribution in [1.82, 2.24) is 10.6 Å². The number of hydrogen-bond acceptors (Lipinski definition) is 3. The van der Waals surface area contributed by atoms with Crippen LogP contribution in [0.15, 0.2) is 0 Å². The number of carboxylic acid groups (broad SMARTS) is 1. The van der Waals surface area contributed by atoms with Gasteiger partial charge in [0, 0.05) is 6.54 Å². The second kappa shape index (κ2) is 7.20. The molecule has 1 heterocycles. The van der Waals surface area contributed by atoms with E-state index in [1.54, 1.807) is 0 Å². The van der Waals surface area contributed by atoms with E-state index in [1.807, 2.05) is 11.8 Å². The van der Waals surface area contributed by atoms with E-state index in [-0.39, 0.29) is 12.5 Å². The van der Waals surface area contributed by atoms with Crippen LogP contribution >= 0.6 is 11.8 Å². The van der Waals surface area contributed by atoms with Crippen molar-refractivity contribution in [3.8, 4) is 0 Å². The molecule has 0 aromatic carbocycles. The summed E-state index contributed by atoms with van der Waals surface area (Å²) in [6.07, 6.45) is 5.84. The minimum atomic E-state index is -0.834. The summed E-state index contributed by atoms with van der Waals surface area (Å²) in [7, 11) is 0. The Balaban J connectivity index is 1.82. The number of carbonyl (C=O) groups excluding carboxylic acids is 1. The quantitative estimate of drug-likeness (QED) is 0.727. The Morgan fingerprint density at radius 1 is 1.25 bits per heavy atom. The molecule has 2 fully saturated rings. The summed E-state index contributed by atoms with van der Waals surface area (Å²) in [5, 5.41) is 14.9. The molecule has 0 radical (unpaired) electrons. The van der Waals surface area contributed by atoms with Crippen molar-refractivity contribution in [2.24, 2.45) is 5.92 Å². The molecule has 1 atom stereocenters.